The van der Waals surface area contributed by atoms with E-state index in [0.717, 1.165) is 39.0 Å². The first-order valence-corrected chi connectivity index (χ1v) is 15.6. The molecule has 4 heteroatoms. The van der Waals surface area contributed by atoms with Crippen LogP contribution in [0.25, 0.3) is 70.3 Å². The van der Waals surface area contributed by atoms with E-state index in [1.807, 2.05) is 23.6 Å². The normalized spacial score (nSPS) is 12.2. The minimum Gasteiger partial charge on any atom is -0.290 e. The minimum atomic E-state index is -0.112. The molecule has 8 aromatic rings. The molecular weight excluding hydrogens is 543 g/mol. The van der Waals surface area contributed by atoms with Gasteiger partial charge in [-0.15, -0.1) is 11.3 Å². The lowest BCUT2D eigenvalue weighted by molar-refractivity contribution is 0.587. The summed E-state index contributed by atoms with van der Waals surface area (Å²) in [6.45, 7) is 9.04. The van der Waals surface area contributed by atoms with Crippen molar-refractivity contribution in [1.82, 2.24) is 14.5 Å². The zero-order valence-electron chi connectivity index (χ0n) is 24.7. The van der Waals surface area contributed by atoms with Crippen molar-refractivity contribution in [3.05, 3.63) is 127 Å². The summed E-state index contributed by atoms with van der Waals surface area (Å²) < 4.78 is 4.92. The van der Waals surface area contributed by atoms with Crippen molar-refractivity contribution >= 4 is 53.4 Å². The summed E-state index contributed by atoms with van der Waals surface area (Å²) in [5.74, 6) is 0.944. The van der Waals surface area contributed by atoms with Crippen LogP contribution in [-0.2, 0) is 5.41 Å². The molecule has 0 unspecified atom stereocenters. The van der Waals surface area contributed by atoms with E-state index in [2.05, 4.69) is 135 Å². The number of para-hydroxylation sites is 1. The molecule has 5 aromatic carbocycles. The van der Waals surface area contributed by atoms with Crippen molar-refractivity contribution in [1.29, 1.82) is 0 Å². The zero-order chi connectivity index (χ0) is 29.3. The molecule has 8 rings (SSSR count). The molecule has 3 heterocycles. The SMILES string of the molecule is Cc1ccc2c(c1)sc1c(-c3nc4c5ccccc5ncc4n3-c3ccc(-c4ccccc4)cc3C(C)(C)C)cccc12. The van der Waals surface area contributed by atoms with Gasteiger partial charge < -0.3 is 0 Å². The minimum absolute atomic E-state index is 0.112. The lowest BCUT2D eigenvalue weighted by Gasteiger charge is -2.25. The Morgan fingerprint density at radius 1 is 0.698 bits per heavy atom. The van der Waals surface area contributed by atoms with Gasteiger partial charge in [-0.3, -0.25) is 9.55 Å². The maximum Gasteiger partial charge on any atom is 0.147 e. The van der Waals surface area contributed by atoms with E-state index in [1.54, 1.807) is 0 Å². The Morgan fingerprint density at radius 3 is 2.33 bits per heavy atom. The van der Waals surface area contributed by atoms with E-state index in [1.165, 1.54) is 42.4 Å². The first-order valence-electron chi connectivity index (χ1n) is 14.8. The number of rotatable bonds is 3. The fourth-order valence-corrected chi connectivity index (χ4v) is 7.63. The average molecular weight is 574 g/mol. The highest BCUT2D eigenvalue weighted by Gasteiger charge is 2.26. The molecule has 0 fully saturated rings. The summed E-state index contributed by atoms with van der Waals surface area (Å²) in [6, 6.07) is 39.2. The summed E-state index contributed by atoms with van der Waals surface area (Å²) in [6.07, 6.45) is 2.00. The molecule has 3 aromatic heterocycles. The predicted molar refractivity (Wildman–Crippen MR) is 184 cm³/mol. The Kier molecular flexibility index (Phi) is 5.79. The van der Waals surface area contributed by atoms with Gasteiger partial charge >= 0.3 is 0 Å². The second-order valence-corrected chi connectivity index (χ2v) is 13.5. The van der Waals surface area contributed by atoms with Crippen molar-refractivity contribution in [3.8, 4) is 28.2 Å². The van der Waals surface area contributed by atoms with Crippen LogP contribution in [0.5, 0.6) is 0 Å². The van der Waals surface area contributed by atoms with Gasteiger partial charge in [0.05, 0.1) is 22.9 Å². The fourth-order valence-electron chi connectivity index (χ4n) is 6.32. The number of fused-ring (bicyclic) bond motifs is 6. The summed E-state index contributed by atoms with van der Waals surface area (Å²) in [5, 5.41) is 3.64. The van der Waals surface area contributed by atoms with Gasteiger partial charge in [0.2, 0.25) is 0 Å². The van der Waals surface area contributed by atoms with E-state index >= 15 is 0 Å². The number of thiophene rings is 1. The van der Waals surface area contributed by atoms with E-state index in [-0.39, 0.29) is 5.41 Å². The Hall–Kier alpha value is -4.80. The third-order valence-corrected chi connectivity index (χ3v) is 9.65. The molecule has 0 aliphatic carbocycles. The van der Waals surface area contributed by atoms with Crippen LogP contribution < -0.4 is 0 Å². The van der Waals surface area contributed by atoms with Gasteiger partial charge in [-0.2, -0.15) is 0 Å². The summed E-state index contributed by atoms with van der Waals surface area (Å²) >= 11 is 1.86. The highest BCUT2D eigenvalue weighted by Crippen LogP contribution is 2.43. The summed E-state index contributed by atoms with van der Waals surface area (Å²) in [7, 11) is 0. The van der Waals surface area contributed by atoms with Gasteiger partial charge in [0, 0.05) is 31.1 Å². The van der Waals surface area contributed by atoms with Gasteiger partial charge in [-0.1, -0.05) is 99.6 Å². The van der Waals surface area contributed by atoms with E-state index < -0.39 is 0 Å². The number of imidazole rings is 1. The lowest BCUT2D eigenvalue weighted by atomic mass is 9.84. The van der Waals surface area contributed by atoms with Crippen molar-refractivity contribution in [2.24, 2.45) is 0 Å². The van der Waals surface area contributed by atoms with E-state index in [9.17, 15) is 0 Å². The first-order chi connectivity index (χ1) is 20.9. The molecule has 0 N–H and O–H groups in total. The number of pyridine rings is 1. The van der Waals surface area contributed by atoms with Crippen molar-refractivity contribution in [3.63, 3.8) is 0 Å². The number of aryl methyl sites for hydroxylation is 1. The quantitative estimate of drug-likeness (QED) is 0.210. The third kappa shape index (κ3) is 4.16. The predicted octanol–water partition coefficient (Wildman–Crippen LogP) is 10.9. The van der Waals surface area contributed by atoms with Gasteiger partial charge in [0.25, 0.3) is 0 Å². The molecule has 0 saturated carbocycles. The van der Waals surface area contributed by atoms with Crippen LogP contribution >= 0.6 is 11.3 Å². The number of hydrogen-bond donors (Lipinski definition) is 0. The number of hydrogen-bond acceptors (Lipinski definition) is 3. The first kappa shape index (κ1) is 25.9. The van der Waals surface area contributed by atoms with E-state index in [0.29, 0.717) is 0 Å². The smallest absolute Gasteiger partial charge is 0.147 e. The van der Waals surface area contributed by atoms with Crippen molar-refractivity contribution < 1.29 is 0 Å². The Balaban J connectivity index is 1.49. The fraction of sp³-hybridized carbons (Fsp3) is 0.128. The number of benzene rings is 5. The van der Waals surface area contributed by atoms with Crippen LogP contribution in [0.15, 0.2) is 115 Å². The molecule has 208 valence electrons. The molecule has 0 aliphatic rings. The maximum absolute atomic E-state index is 5.46. The molecular formula is C39H31N3S. The molecule has 0 atom stereocenters. The van der Waals surface area contributed by atoms with Crippen molar-refractivity contribution in [2.45, 2.75) is 33.1 Å². The standard InChI is InChI=1S/C39H31N3S/c1-24-17-19-27-28-14-10-15-30(37(28)43-35(27)21-24)38-41-36-29-13-8-9-16-32(29)40-23-34(36)42(38)33-20-18-26(22-31(33)39(2,3)4)25-11-6-5-7-12-25/h5-23H,1-4H3. The zero-order valence-corrected chi connectivity index (χ0v) is 25.5. The van der Waals surface area contributed by atoms with Crippen LogP contribution in [0.3, 0.4) is 0 Å². The summed E-state index contributed by atoms with van der Waals surface area (Å²) in [4.78, 5) is 10.4. The Morgan fingerprint density at radius 2 is 1.49 bits per heavy atom. The van der Waals surface area contributed by atoms with Crippen LogP contribution in [0.4, 0.5) is 0 Å². The summed E-state index contributed by atoms with van der Waals surface area (Å²) in [5.41, 5.74) is 10.1. The van der Waals surface area contributed by atoms with Gasteiger partial charge in [0.15, 0.2) is 0 Å². The molecule has 0 saturated heterocycles. The van der Waals surface area contributed by atoms with Crippen LogP contribution in [0.2, 0.25) is 0 Å². The average Bonchev–Trinajstić information content (AvgIpc) is 3.59. The molecule has 3 nitrogen and oxygen atoms in total. The van der Waals surface area contributed by atoms with Crippen molar-refractivity contribution in [2.75, 3.05) is 0 Å². The molecule has 0 spiro atoms. The Bertz CT molecular complexity index is 2340. The molecule has 43 heavy (non-hydrogen) atoms. The maximum atomic E-state index is 5.46. The van der Waals surface area contributed by atoms with Gasteiger partial charge in [0.1, 0.15) is 11.3 Å². The van der Waals surface area contributed by atoms with Crippen LogP contribution in [-0.4, -0.2) is 14.5 Å². The van der Waals surface area contributed by atoms with Crippen LogP contribution in [0.1, 0.15) is 31.9 Å². The van der Waals surface area contributed by atoms with Gasteiger partial charge in [-0.25, -0.2) is 4.98 Å². The second-order valence-electron chi connectivity index (χ2n) is 12.4. The number of aromatic nitrogens is 3. The molecule has 0 radical (unpaired) electrons. The topological polar surface area (TPSA) is 30.7 Å². The lowest BCUT2D eigenvalue weighted by Crippen LogP contribution is -2.16. The highest BCUT2D eigenvalue weighted by molar-refractivity contribution is 7.26. The Labute approximate surface area is 255 Å². The second kappa shape index (κ2) is 9.62. The largest absolute Gasteiger partial charge is 0.290 e. The molecule has 0 bridgehead atoms. The third-order valence-electron chi connectivity index (χ3n) is 8.45. The monoisotopic (exact) mass is 573 g/mol. The molecule has 0 aliphatic heterocycles. The van der Waals surface area contributed by atoms with E-state index in [4.69, 9.17) is 9.97 Å². The van der Waals surface area contributed by atoms with Crippen LogP contribution in [0, 0.1) is 6.92 Å². The highest BCUT2D eigenvalue weighted by atomic mass is 32.1. The number of nitrogens with zero attached hydrogens (tertiary/aromatic N) is 3. The van der Waals surface area contributed by atoms with Gasteiger partial charge in [-0.05, 0) is 64.9 Å². The molecule has 0 amide bonds.